The predicted octanol–water partition coefficient (Wildman–Crippen LogP) is 21.3. The number of aromatic nitrogens is 2. The second-order valence-electron chi connectivity index (χ2n) is 24.8. The fourth-order valence-corrected chi connectivity index (χ4v) is 14.6. The summed E-state index contributed by atoms with van der Waals surface area (Å²) in [5.41, 5.74) is 21.5. The van der Waals surface area contributed by atoms with Crippen molar-refractivity contribution in [1.29, 1.82) is 0 Å². The van der Waals surface area contributed by atoms with Gasteiger partial charge in [-0.2, -0.15) is 0 Å². The summed E-state index contributed by atoms with van der Waals surface area (Å²) in [6.45, 7) is 0. The van der Waals surface area contributed by atoms with Crippen LogP contribution in [0.1, 0.15) is 55.9 Å². The number of allylic oxidation sites excluding steroid dienone is 4. The number of H-pyrrole nitrogens is 2. The summed E-state index contributed by atoms with van der Waals surface area (Å²) in [7, 11) is 0. The average molecular weight is 1300 g/mol. The first kappa shape index (κ1) is 60.6. The molecule has 17 rings (SSSR count). The molecule has 0 unspecified atom stereocenters. The van der Waals surface area contributed by atoms with Crippen LogP contribution in [0.3, 0.4) is 0 Å². The number of aromatic amines is 2. The first-order chi connectivity index (χ1) is 49.3. The number of nitrogens with one attached hydrogen (secondary N) is 2. The highest BCUT2D eigenvalue weighted by molar-refractivity contribution is 6.53. The highest BCUT2D eigenvalue weighted by atomic mass is 19.1. The summed E-state index contributed by atoms with van der Waals surface area (Å²) in [6, 6.07) is 108. The Morgan fingerprint density at radius 3 is 0.650 bits per heavy atom. The van der Waals surface area contributed by atoms with Crippen LogP contribution in [0.2, 0.25) is 0 Å². The van der Waals surface area contributed by atoms with E-state index in [1.807, 2.05) is 194 Å². The number of benzene rings is 12. The van der Waals surface area contributed by atoms with E-state index >= 15 is 17.6 Å². The highest BCUT2D eigenvalue weighted by Crippen LogP contribution is 2.54. The second-order valence-corrected chi connectivity index (χ2v) is 24.8. The molecular formula is C92H58F4N4. The Hall–Kier alpha value is -13.0. The van der Waals surface area contributed by atoms with Gasteiger partial charge in [-0.05, 0) is 115 Å². The molecule has 3 aliphatic rings. The van der Waals surface area contributed by atoms with Crippen LogP contribution in [-0.4, -0.2) is 21.4 Å². The van der Waals surface area contributed by atoms with Gasteiger partial charge in [-0.1, -0.05) is 291 Å². The number of hydrogen-bond acceptors (Lipinski definition) is 2. The van der Waals surface area contributed by atoms with Crippen molar-refractivity contribution in [1.82, 2.24) is 9.97 Å². The molecule has 4 heterocycles. The van der Waals surface area contributed by atoms with Gasteiger partial charge in [0, 0.05) is 66.8 Å². The van der Waals surface area contributed by atoms with E-state index in [0.717, 1.165) is 89.1 Å². The minimum absolute atomic E-state index is 0.427. The van der Waals surface area contributed by atoms with Crippen molar-refractivity contribution in [3.05, 3.63) is 441 Å². The molecule has 8 heteroatoms. The number of aliphatic imine (C=N–C) groups is 2. The normalized spacial score (nSPS) is 13.7. The fourth-order valence-electron chi connectivity index (χ4n) is 14.6. The molecule has 14 aromatic rings. The summed E-state index contributed by atoms with van der Waals surface area (Å²) in [5.74, 6) is -1.71. The fraction of sp³-hybridized carbons (Fsp3) is 0. The smallest absolute Gasteiger partial charge is 0.123 e. The van der Waals surface area contributed by atoms with E-state index < -0.39 is 23.3 Å². The van der Waals surface area contributed by atoms with E-state index in [1.54, 1.807) is 0 Å². The van der Waals surface area contributed by atoms with Gasteiger partial charge in [0.1, 0.15) is 23.3 Å². The first-order valence-electron chi connectivity index (χ1n) is 33.2. The van der Waals surface area contributed by atoms with Crippen molar-refractivity contribution in [2.24, 2.45) is 9.98 Å². The molecule has 0 spiro atoms. The summed E-state index contributed by atoms with van der Waals surface area (Å²) in [5, 5.41) is 1.27. The Kier molecular flexibility index (Phi) is 15.7. The van der Waals surface area contributed by atoms with E-state index in [1.165, 1.54) is 48.5 Å². The van der Waals surface area contributed by atoms with Crippen molar-refractivity contribution in [3.63, 3.8) is 0 Å². The van der Waals surface area contributed by atoms with Crippen LogP contribution in [0.15, 0.2) is 361 Å². The van der Waals surface area contributed by atoms with Crippen molar-refractivity contribution in [2.45, 2.75) is 0 Å². The topological polar surface area (TPSA) is 56.3 Å². The van der Waals surface area contributed by atoms with Crippen molar-refractivity contribution >= 4 is 56.0 Å². The maximum absolute atomic E-state index is 16.1. The van der Waals surface area contributed by atoms with Gasteiger partial charge in [0.15, 0.2) is 0 Å². The maximum atomic E-state index is 16.1. The van der Waals surface area contributed by atoms with Gasteiger partial charge in [0.25, 0.3) is 0 Å². The minimum Gasteiger partial charge on any atom is -0.353 e. The van der Waals surface area contributed by atoms with Crippen LogP contribution >= 0.6 is 0 Å². The maximum Gasteiger partial charge on any atom is 0.123 e. The minimum atomic E-state index is -0.427. The van der Waals surface area contributed by atoms with Crippen LogP contribution in [0.5, 0.6) is 0 Å². The third-order valence-electron chi connectivity index (χ3n) is 18.9. The Morgan fingerprint density at radius 2 is 0.390 bits per heavy atom. The molecule has 100 heavy (non-hydrogen) atoms. The van der Waals surface area contributed by atoms with Crippen LogP contribution in [0.25, 0.3) is 89.1 Å². The molecule has 0 radical (unpaired) electrons. The van der Waals surface area contributed by atoms with Crippen molar-refractivity contribution in [2.75, 3.05) is 0 Å². The van der Waals surface area contributed by atoms with Crippen LogP contribution in [-0.2, 0) is 0 Å². The van der Waals surface area contributed by atoms with Crippen molar-refractivity contribution in [3.8, 4) is 44.5 Å². The number of nitrogens with zero attached hydrogens (tertiary/aromatic N) is 2. The molecule has 12 aromatic carbocycles. The van der Waals surface area contributed by atoms with Crippen LogP contribution in [0, 0.1) is 23.3 Å². The second kappa shape index (κ2) is 25.8. The summed E-state index contributed by atoms with van der Waals surface area (Å²) in [6.07, 6.45) is 0. The number of fused-ring (bicyclic) bond motifs is 10. The zero-order valence-electron chi connectivity index (χ0n) is 53.7. The third-order valence-corrected chi connectivity index (χ3v) is 18.9. The average Bonchev–Trinajstić information content (AvgIpc) is 1.55. The Morgan fingerprint density at radius 1 is 0.180 bits per heavy atom. The third kappa shape index (κ3) is 10.8. The lowest BCUT2D eigenvalue weighted by Gasteiger charge is -2.17. The molecule has 2 aromatic heterocycles. The molecule has 0 atom stereocenters. The van der Waals surface area contributed by atoms with E-state index in [-0.39, 0.29) is 0 Å². The summed E-state index contributed by atoms with van der Waals surface area (Å²) < 4.78 is 64.5. The Bertz CT molecular complexity index is 5440. The van der Waals surface area contributed by atoms with E-state index in [9.17, 15) is 0 Å². The molecule has 1 aliphatic carbocycles. The van der Waals surface area contributed by atoms with Gasteiger partial charge in [0.05, 0.1) is 44.9 Å². The van der Waals surface area contributed by atoms with Gasteiger partial charge in [-0.15, -0.1) is 0 Å². The van der Waals surface area contributed by atoms with Crippen molar-refractivity contribution < 1.29 is 17.6 Å². The van der Waals surface area contributed by atoms with E-state index in [2.05, 4.69) is 107 Å². The number of halogens is 4. The van der Waals surface area contributed by atoms with Gasteiger partial charge in [-0.25, -0.2) is 27.5 Å². The van der Waals surface area contributed by atoms with Gasteiger partial charge < -0.3 is 9.97 Å². The van der Waals surface area contributed by atoms with Gasteiger partial charge in [-0.3, -0.25) is 0 Å². The molecular weight excluding hydrogens is 1240 g/mol. The number of hydrogen-bond donors (Lipinski definition) is 2. The molecule has 474 valence electrons. The quantitative estimate of drug-likeness (QED) is 0.115. The molecule has 0 amide bonds. The summed E-state index contributed by atoms with van der Waals surface area (Å²) >= 11 is 0. The highest BCUT2D eigenvalue weighted by Gasteiger charge is 2.39. The van der Waals surface area contributed by atoms with Gasteiger partial charge in [0.2, 0.25) is 0 Å². The molecule has 0 saturated carbocycles. The summed E-state index contributed by atoms with van der Waals surface area (Å²) in [4.78, 5) is 21.0. The number of rotatable bonds is 12. The molecule has 0 fully saturated rings. The monoisotopic (exact) mass is 1290 g/mol. The van der Waals surface area contributed by atoms with E-state index in [4.69, 9.17) is 9.98 Å². The lowest BCUT2D eigenvalue weighted by atomic mass is 9.83. The molecule has 4 nitrogen and oxygen atoms in total. The predicted molar refractivity (Wildman–Crippen MR) is 400 cm³/mol. The molecule has 2 N–H and O–H groups in total. The Balaban J connectivity index is 1.24. The molecule has 8 bridgehead atoms. The Labute approximate surface area is 575 Å². The first-order valence-corrected chi connectivity index (χ1v) is 33.2. The lowest BCUT2D eigenvalue weighted by molar-refractivity contribution is 0.627. The van der Waals surface area contributed by atoms with Gasteiger partial charge >= 0.3 is 0 Å². The largest absolute Gasteiger partial charge is 0.353 e. The molecule has 2 aliphatic heterocycles. The zero-order chi connectivity index (χ0) is 67.2. The van der Waals surface area contributed by atoms with E-state index in [0.29, 0.717) is 89.4 Å². The lowest BCUT2D eigenvalue weighted by Crippen LogP contribution is -2.24. The van der Waals surface area contributed by atoms with Crippen LogP contribution in [0.4, 0.5) is 17.6 Å². The zero-order valence-corrected chi connectivity index (χ0v) is 53.7. The standard InChI is InChI=1S/C92H58F4N4/c93-69-49-41-65(42-50-69)81-85-73(57-25-9-1-10-26-57)74(58-27-11-2-12-28-58)86(97-85)82(66-43-51-70(94)52-44-66)88-77(61-33-17-5-18-34-61)78(62-35-19-6-20-36-62)90(99-88)84(68-47-55-72(96)56-48-68)92-80(64-39-23-8-24-40-64)79(63-37-21-7-22-38-63)91(100-92)83(67-45-53-71(95)54-46-67)89-76(60-31-15-4-16-32-60)75(87(81)98-89)59-29-13-3-14-30-59/h1-56,97,100H. The molecule has 0 saturated heterocycles. The SMILES string of the molecule is Fc1ccc(C2=C3N=C(C(c4ccccc4)=C3c3ccccc3)C(c3ccc(F)cc3)=c3[nH]c(c(-c4ccccc4)c3-c3ccccc3)=C(c3ccc(F)cc3)C3=NC(=C(c4ccc(F)cc4)c4[nH]c2c(-c2ccccc2)c4-c2ccccc2)C(c2ccccc2)=C3c2ccccc2)cc1. The van der Waals surface area contributed by atoms with Crippen LogP contribution < -0.4 is 10.7 Å².